The van der Waals surface area contributed by atoms with Crippen LogP contribution >= 0.6 is 0 Å². The third-order valence-electron chi connectivity index (χ3n) is 6.13. The maximum absolute atomic E-state index is 9.49. The molecule has 0 spiro atoms. The zero-order chi connectivity index (χ0) is 27.2. The molecular weight excluding hydrogens is 492 g/mol. The van der Waals surface area contributed by atoms with E-state index in [9.17, 15) is 5.26 Å². The Bertz CT molecular complexity index is 1590. The molecule has 10 nitrogen and oxygen atoms in total. The number of aliphatic imine (C=N–C) groups is 1. The zero-order valence-electron chi connectivity index (χ0n) is 20.8. The van der Waals surface area contributed by atoms with Crippen LogP contribution in [-0.2, 0) is 13.2 Å². The number of rotatable bonds is 7. The van der Waals surface area contributed by atoms with Gasteiger partial charge in [0.05, 0.1) is 5.69 Å². The van der Waals surface area contributed by atoms with Gasteiger partial charge in [0.1, 0.15) is 54.0 Å². The molecule has 0 fully saturated rings. The first-order valence-electron chi connectivity index (χ1n) is 12.0. The van der Waals surface area contributed by atoms with Gasteiger partial charge in [0.15, 0.2) is 6.19 Å². The number of nitrogens with two attached hydrogens (primary N) is 2. The maximum atomic E-state index is 9.49. The number of aromatic nitrogens is 1. The topological polar surface area (TPSA) is 167 Å². The van der Waals surface area contributed by atoms with Gasteiger partial charge in [-0.15, -0.1) is 0 Å². The molecule has 192 valence electrons. The van der Waals surface area contributed by atoms with Crippen LogP contribution in [0.3, 0.4) is 0 Å². The van der Waals surface area contributed by atoms with Gasteiger partial charge >= 0.3 is 0 Å². The average Bonchev–Trinajstić information content (AvgIpc) is 2.96. The number of nitrogen functional groups attached to an aromatic ring is 2. The second kappa shape index (κ2) is 11.1. The average molecular weight is 517 g/mol. The van der Waals surface area contributed by atoms with E-state index in [4.69, 9.17) is 26.2 Å². The molecule has 0 amide bonds. The molecule has 1 unspecified atom stereocenters. The number of hydrogen-bond donors (Lipinski definition) is 4. The second-order valence-electron chi connectivity index (χ2n) is 8.68. The number of nitriles is 2. The van der Waals surface area contributed by atoms with Crippen LogP contribution in [0.15, 0.2) is 83.9 Å². The van der Waals surface area contributed by atoms with Crippen LogP contribution in [0, 0.1) is 22.8 Å². The summed E-state index contributed by atoms with van der Waals surface area (Å²) >= 11 is 0. The van der Waals surface area contributed by atoms with Crippen LogP contribution in [0.4, 0.5) is 17.3 Å². The monoisotopic (exact) mass is 516 g/mol. The first-order valence-corrected chi connectivity index (χ1v) is 12.0. The number of fused-ring (bicyclic) bond motifs is 1. The lowest BCUT2D eigenvalue weighted by molar-refractivity contribution is 0.300. The van der Waals surface area contributed by atoms with E-state index in [-0.39, 0.29) is 23.0 Å². The molecule has 10 heteroatoms. The molecule has 1 aliphatic rings. The van der Waals surface area contributed by atoms with Crippen molar-refractivity contribution >= 4 is 23.3 Å². The Morgan fingerprint density at radius 1 is 0.846 bits per heavy atom. The molecule has 2 heterocycles. The number of guanidine groups is 1. The summed E-state index contributed by atoms with van der Waals surface area (Å²) in [5.74, 6) is 1.98. The first kappa shape index (κ1) is 24.9. The Morgan fingerprint density at radius 3 is 2.08 bits per heavy atom. The van der Waals surface area contributed by atoms with E-state index in [0.717, 1.165) is 22.4 Å². The Labute approximate surface area is 225 Å². The van der Waals surface area contributed by atoms with E-state index < -0.39 is 6.04 Å². The van der Waals surface area contributed by atoms with Crippen LogP contribution in [0.5, 0.6) is 11.5 Å². The lowest BCUT2D eigenvalue weighted by Crippen LogP contribution is -2.32. The molecule has 5 rings (SSSR count). The van der Waals surface area contributed by atoms with Crippen molar-refractivity contribution in [1.82, 2.24) is 10.3 Å². The van der Waals surface area contributed by atoms with Crippen LogP contribution in [-0.4, -0.2) is 10.9 Å². The van der Waals surface area contributed by atoms with Gasteiger partial charge in [-0.05, 0) is 41.0 Å². The molecular formula is C29H24N8O2. The fourth-order valence-electron chi connectivity index (χ4n) is 4.16. The molecule has 39 heavy (non-hydrogen) atoms. The van der Waals surface area contributed by atoms with Crippen molar-refractivity contribution < 1.29 is 9.47 Å². The van der Waals surface area contributed by atoms with Gasteiger partial charge in [0, 0.05) is 5.56 Å². The molecule has 4 aromatic rings. The normalized spacial score (nSPS) is 13.6. The Morgan fingerprint density at radius 2 is 1.46 bits per heavy atom. The number of benzene rings is 3. The summed E-state index contributed by atoms with van der Waals surface area (Å²) in [5, 5.41) is 24.0. The van der Waals surface area contributed by atoms with E-state index in [2.05, 4.69) is 20.6 Å². The molecule has 0 bridgehead atoms. The highest BCUT2D eigenvalue weighted by Gasteiger charge is 2.29. The van der Waals surface area contributed by atoms with Crippen molar-refractivity contribution in [2.75, 3.05) is 16.8 Å². The standard InChI is InChI=1S/C29H24N8O2/c30-14-23-25(32)24-26(35-29(34-17-31)37-28(24)36-27(23)33)20-8-12-22(13-9-20)39-16-19-6-10-21(11-7-19)38-15-18-4-2-1-3-5-18/h1-13,26H,15-16H2,(H6,32,33,34,35,36,37). The molecule has 1 atom stereocenters. The van der Waals surface area contributed by atoms with E-state index in [1.54, 1.807) is 0 Å². The van der Waals surface area contributed by atoms with E-state index in [1.807, 2.05) is 91.1 Å². The van der Waals surface area contributed by atoms with Crippen LogP contribution in [0.25, 0.3) is 0 Å². The van der Waals surface area contributed by atoms with E-state index in [0.29, 0.717) is 30.3 Å². The molecule has 1 aliphatic heterocycles. The number of ether oxygens (including phenoxy) is 2. The van der Waals surface area contributed by atoms with Gasteiger partial charge in [0.25, 0.3) is 0 Å². The lowest BCUT2D eigenvalue weighted by atomic mass is 9.95. The van der Waals surface area contributed by atoms with Crippen molar-refractivity contribution in [1.29, 1.82) is 10.5 Å². The molecule has 0 saturated carbocycles. The molecule has 0 aliphatic carbocycles. The van der Waals surface area contributed by atoms with Crippen molar-refractivity contribution in [2.45, 2.75) is 19.3 Å². The minimum atomic E-state index is -0.616. The fourth-order valence-corrected chi connectivity index (χ4v) is 4.16. The van der Waals surface area contributed by atoms with Gasteiger partial charge < -0.3 is 26.3 Å². The van der Waals surface area contributed by atoms with Crippen LogP contribution in [0.2, 0.25) is 0 Å². The fraction of sp³-hybridized carbons (Fsp3) is 0.103. The largest absolute Gasteiger partial charge is 0.489 e. The molecule has 0 radical (unpaired) electrons. The quantitative estimate of drug-likeness (QED) is 0.208. The Balaban J connectivity index is 1.28. The highest BCUT2D eigenvalue weighted by molar-refractivity contribution is 5.98. The predicted molar refractivity (Wildman–Crippen MR) is 147 cm³/mol. The third kappa shape index (κ3) is 5.50. The Hall–Kier alpha value is -5.74. The maximum Gasteiger partial charge on any atom is 0.211 e. The highest BCUT2D eigenvalue weighted by Crippen LogP contribution is 2.40. The lowest BCUT2D eigenvalue weighted by Gasteiger charge is -2.26. The number of pyridine rings is 1. The summed E-state index contributed by atoms with van der Waals surface area (Å²) in [4.78, 5) is 8.83. The van der Waals surface area contributed by atoms with Crippen molar-refractivity contribution in [3.63, 3.8) is 0 Å². The molecule has 1 aromatic heterocycles. The van der Waals surface area contributed by atoms with Gasteiger partial charge in [-0.3, -0.25) is 5.32 Å². The minimum Gasteiger partial charge on any atom is -0.489 e. The summed E-state index contributed by atoms with van der Waals surface area (Å²) in [6.07, 6.45) is 1.84. The van der Waals surface area contributed by atoms with E-state index in [1.165, 1.54) is 0 Å². The Kier molecular flexibility index (Phi) is 7.10. The summed E-state index contributed by atoms with van der Waals surface area (Å²) in [7, 11) is 0. The van der Waals surface area contributed by atoms with Crippen LogP contribution < -0.4 is 31.6 Å². The van der Waals surface area contributed by atoms with Gasteiger partial charge in [-0.2, -0.15) is 10.5 Å². The second-order valence-corrected chi connectivity index (χ2v) is 8.68. The molecule has 3 aromatic carbocycles. The van der Waals surface area contributed by atoms with Crippen molar-refractivity contribution in [3.8, 4) is 23.8 Å². The van der Waals surface area contributed by atoms with Gasteiger partial charge in [-0.25, -0.2) is 9.98 Å². The molecule has 0 saturated heterocycles. The van der Waals surface area contributed by atoms with E-state index >= 15 is 0 Å². The first-order chi connectivity index (χ1) is 19.1. The predicted octanol–water partition coefficient (Wildman–Crippen LogP) is 4.22. The van der Waals surface area contributed by atoms with Gasteiger partial charge in [-0.1, -0.05) is 54.6 Å². The minimum absolute atomic E-state index is 0.00209. The summed E-state index contributed by atoms with van der Waals surface area (Å²) in [6.45, 7) is 0.889. The smallest absolute Gasteiger partial charge is 0.211 e. The van der Waals surface area contributed by atoms with Crippen molar-refractivity contribution in [3.05, 3.63) is 107 Å². The SMILES string of the molecule is N#CNC1=NC(c2ccc(OCc3ccc(OCc4ccccc4)cc3)cc2)c2c(nc(N)c(C#N)c2N)N1. The van der Waals surface area contributed by atoms with Gasteiger partial charge in [0.2, 0.25) is 5.96 Å². The van der Waals surface area contributed by atoms with Crippen molar-refractivity contribution in [2.24, 2.45) is 4.99 Å². The third-order valence-corrected chi connectivity index (χ3v) is 6.13. The number of nitrogens with one attached hydrogen (secondary N) is 2. The summed E-state index contributed by atoms with van der Waals surface area (Å²) in [5.41, 5.74) is 15.9. The zero-order valence-corrected chi connectivity index (χ0v) is 20.8. The summed E-state index contributed by atoms with van der Waals surface area (Å²) in [6, 6.07) is 26.5. The highest BCUT2D eigenvalue weighted by atomic mass is 16.5. The number of nitrogens with zero attached hydrogens (tertiary/aromatic N) is 4. The summed E-state index contributed by atoms with van der Waals surface area (Å²) < 4.78 is 11.8. The van der Waals surface area contributed by atoms with Crippen LogP contribution in [0.1, 0.15) is 33.9 Å². The number of anilines is 3. The number of hydrogen-bond acceptors (Lipinski definition) is 10. The molecule has 6 N–H and O–H groups in total.